The Bertz CT molecular complexity index is 1550. The topological polar surface area (TPSA) is 97.7 Å². The fraction of sp³-hybridized carbons (Fsp3) is 0.641. The van der Waals surface area contributed by atoms with Crippen LogP contribution in [0.25, 0.3) is 0 Å². The molecule has 0 spiro atoms. The third-order valence-electron chi connectivity index (χ3n) is 12.9. The molecular formula is C39H48F2O6S. The number of hydrogen-bond donors (Lipinski definition) is 1. The molecule has 0 aromatic heterocycles. The predicted molar refractivity (Wildman–Crippen MR) is 181 cm³/mol. The van der Waals surface area contributed by atoms with Gasteiger partial charge in [0.1, 0.15) is 6.17 Å². The van der Waals surface area contributed by atoms with Crippen LogP contribution in [-0.4, -0.2) is 56.1 Å². The van der Waals surface area contributed by atoms with Crippen molar-refractivity contribution in [3.8, 4) is 0 Å². The van der Waals surface area contributed by atoms with E-state index in [9.17, 15) is 24.3 Å². The summed E-state index contributed by atoms with van der Waals surface area (Å²) in [4.78, 5) is 54.9. The molecular weight excluding hydrogens is 634 g/mol. The van der Waals surface area contributed by atoms with Gasteiger partial charge in [0.2, 0.25) is 5.12 Å². The van der Waals surface area contributed by atoms with E-state index in [0.29, 0.717) is 5.56 Å². The van der Waals surface area contributed by atoms with Gasteiger partial charge < -0.3 is 9.84 Å². The van der Waals surface area contributed by atoms with Crippen LogP contribution in [0, 0.1) is 34.5 Å². The van der Waals surface area contributed by atoms with E-state index in [0.717, 1.165) is 49.9 Å². The zero-order valence-corrected chi connectivity index (χ0v) is 29.4. The fourth-order valence-electron chi connectivity index (χ4n) is 10.4. The third kappa shape index (κ3) is 5.19. The predicted octanol–water partition coefficient (Wildman–Crippen LogP) is 7.72. The molecule has 0 radical (unpaired) electrons. The second kappa shape index (κ2) is 12.3. The Morgan fingerprint density at radius 3 is 2.38 bits per heavy atom. The first-order valence-electron chi connectivity index (χ1n) is 17.5. The van der Waals surface area contributed by atoms with E-state index >= 15 is 8.78 Å². The largest absolute Gasteiger partial charge is 0.449 e. The number of hydrogen-bond acceptors (Lipinski definition) is 7. The van der Waals surface area contributed by atoms with Gasteiger partial charge in [-0.05, 0) is 82.4 Å². The number of rotatable bonds is 7. The molecule has 0 amide bonds. The van der Waals surface area contributed by atoms with E-state index in [1.54, 1.807) is 58.0 Å². The number of esters is 1. The summed E-state index contributed by atoms with van der Waals surface area (Å²) in [6.07, 6.45) is 5.39. The summed E-state index contributed by atoms with van der Waals surface area (Å²) in [7, 11) is 0. The summed E-state index contributed by atoms with van der Waals surface area (Å²) < 4.78 is 39.2. The lowest BCUT2D eigenvalue weighted by Crippen LogP contribution is -2.70. The van der Waals surface area contributed by atoms with Crippen molar-refractivity contribution < 1.29 is 37.8 Å². The molecule has 5 aliphatic rings. The molecule has 6 rings (SSSR count). The van der Waals surface area contributed by atoms with E-state index in [4.69, 9.17) is 4.74 Å². The minimum atomic E-state index is -2.33. The van der Waals surface area contributed by atoms with Crippen LogP contribution < -0.4 is 0 Å². The molecule has 0 bridgehead atoms. The van der Waals surface area contributed by atoms with Crippen molar-refractivity contribution in [2.75, 3.05) is 0 Å². The number of Topliss-reactive ketones (excluding diaryl/α,β-unsaturated/α-hetero) is 1. The lowest BCUT2D eigenvalue weighted by atomic mass is 9.44. The lowest BCUT2D eigenvalue weighted by molar-refractivity contribution is -0.229. The molecule has 1 aromatic rings. The smallest absolute Gasteiger partial charge is 0.307 e. The van der Waals surface area contributed by atoms with E-state index in [-0.39, 0.29) is 43.0 Å². The van der Waals surface area contributed by atoms with E-state index in [1.807, 2.05) is 6.92 Å². The second-order valence-electron chi connectivity index (χ2n) is 16.0. The summed E-state index contributed by atoms with van der Waals surface area (Å²) in [5.74, 6) is -3.33. The quantitative estimate of drug-likeness (QED) is 0.232. The summed E-state index contributed by atoms with van der Waals surface area (Å²) in [6.45, 7) is 8.48. The molecule has 48 heavy (non-hydrogen) atoms. The van der Waals surface area contributed by atoms with Crippen molar-refractivity contribution in [3.05, 3.63) is 59.7 Å². The summed E-state index contributed by atoms with van der Waals surface area (Å²) in [5.41, 5.74) is -6.50. The fourth-order valence-corrected chi connectivity index (χ4v) is 11.7. The third-order valence-corrected chi connectivity index (χ3v) is 14.0. The van der Waals surface area contributed by atoms with Crippen LogP contribution in [0.2, 0.25) is 0 Å². The number of carbonyl (C=O) groups is 4. The standard InChI is InChI=1S/C39H48F2O6S/c1-23-18-27-28-21-30(40)29-20-26(42)16-17-36(29,4)38(28,41)31(43)22-37(27,5)39(23,47-32(44)19-24-12-8-6-9-13-24)34(46)48-35(2,3)33(45)25-14-10-7-11-15-25/h7,10-11,14-17,20,23-24,27-28,30-31,43H,6,8-9,12-13,18-19,21-22H2,1-5H3/t23-,27+,28+,30+,31+,36+,37+,38+,39+/m1/s1. The van der Waals surface area contributed by atoms with Gasteiger partial charge in [0.15, 0.2) is 22.8 Å². The number of benzene rings is 1. The number of thioether (sulfide) groups is 1. The first-order chi connectivity index (χ1) is 22.5. The molecule has 9 atom stereocenters. The number of halogens is 2. The normalized spacial score (nSPS) is 39.5. The molecule has 1 aromatic carbocycles. The molecule has 0 unspecified atom stereocenters. The summed E-state index contributed by atoms with van der Waals surface area (Å²) in [5, 5.41) is 11.4. The van der Waals surface area contributed by atoms with E-state index < -0.39 is 73.7 Å². The Morgan fingerprint density at radius 1 is 1.04 bits per heavy atom. The highest BCUT2D eigenvalue weighted by Gasteiger charge is 2.78. The van der Waals surface area contributed by atoms with Crippen molar-refractivity contribution >= 4 is 34.4 Å². The Morgan fingerprint density at radius 2 is 1.71 bits per heavy atom. The minimum Gasteiger partial charge on any atom is -0.449 e. The second-order valence-corrected chi connectivity index (χ2v) is 17.6. The van der Waals surface area contributed by atoms with Crippen LogP contribution in [0.1, 0.15) is 103 Å². The number of fused-ring (bicyclic) bond motifs is 5. The molecule has 0 heterocycles. The number of carbonyl (C=O) groups excluding carboxylic acids is 4. The van der Waals surface area contributed by atoms with E-state index in [1.165, 1.54) is 12.2 Å². The van der Waals surface area contributed by atoms with Gasteiger partial charge in [0, 0.05) is 34.7 Å². The Hall–Kier alpha value is -2.65. The molecule has 1 N–H and O–H groups in total. The van der Waals surface area contributed by atoms with Gasteiger partial charge in [-0.2, -0.15) is 0 Å². The van der Waals surface area contributed by atoms with Crippen LogP contribution >= 0.6 is 11.8 Å². The average Bonchev–Trinajstić information content (AvgIpc) is 3.26. The van der Waals surface area contributed by atoms with Crippen molar-refractivity contribution in [2.24, 2.45) is 34.5 Å². The summed E-state index contributed by atoms with van der Waals surface area (Å²) >= 11 is 0.822. The van der Waals surface area contributed by atoms with Crippen LogP contribution in [0.15, 0.2) is 54.1 Å². The van der Waals surface area contributed by atoms with Gasteiger partial charge in [0.05, 0.1) is 10.9 Å². The number of alkyl halides is 2. The number of ether oxygens (including phenoxy) is 1. The SMILES string of the molecule is C[C@@H]1C[C@H]2[C@@H]3C[C@H](F)C4=CC(=O)C=C[C@]4(C)[C@@]3(F)[C@@H](O)C[C@]2(C)[C@@]1(OC(=O)CC1CCCCC1)C(=O)SC(C)(C)C(=O)c1ccccc1. The molecule has 0 saturated heterocycles. The first kappa shape index (κ1) is 35.2. The van der Waals surface area contributed by atoms with Gasteiger partial charge in [-0.25, -0.2) is 8.78 Å². The van der Waals surface area contributed by atoms with Crippen molar-refractivity contribution in [2.45, 2.75) is 121 Å². The Balaban J connectivity index is 1.41. The van der Waals surface area contributed by atoms with Gasteiger partial charge in [-0.15, -0.1) is 0 Å². The summed E-state index contributed by atoms with van der Waals surface area (Å²) in [6, 6.07) is 8.69. The van der Waals surface area contributed by atoms with Crippen LogP contribution in [0.5, 0.6) is 0 Å². The van der Waals surface area contributed by atoms with Gasteiger partial charge in [-0.1, -0.05) is 81.3 Å². The maximum atomic E-state index is 17.9. The molecule has 0 aliphatic heterocycles. The lowest BCUT2D eigenvalue weighted by Gasteiger charge is -2.63. The van der Waals surface area contributed by atoms with Crippen molar-refractivity contribution in [1.82, 2.24) is 0 Å². The average molecular weight is 683 g/mol. The van der Waals surface area contributed by atoms with Crippen LogP contribution in [0.3, 0.4) is 0 Å². The Kier molecular flexibility index (Phi) is 9.01. The zero-order chi connectivity index (χ0) is 34.9. The molecule has 4 fully saturated rings. The monoisotopic (exact) mass is 682 g/mol. The molecule has 4 saturated carbocycles. The number of aliphatic hydroxyl groups excluding tert-OH is 1. The first-order valence-corrected chi connectivity index (χ1v) is 18.3. The number of ketones is 2. The van der Waals surface area contributed by atoms with E-state index in [2.05, 4.69) is 0 Å². The zero-order valence-electron chi connectivity index (χ0n) is 28.6. The van der Waals surface area contributed by atoms with Gasteiger partial charge in [0.25, 0.3) is 0 Å². The Labute approximate surface area is 286 Å². The van der Waals surface area contributed by atoms with Crippen molar-refractivity contribution in [3.63, 3.8) is 0 Å². The molecule has 9 heteroatoms. The molecule has 260 valence electrons. The number of allylic oxidation sites excluding steroid dienone is 4. The molecule has 5 aliphatic carbocycles. The van der Waals surface area contributed by atoms with Crippen LogP contribution in [-0.2, 0) is 19.1 Å². The highest BCUT2D eigenvalue weighted by atomic mass is 32.2. The maximum Gasteiger partial charge on any atom is 0.307 e. The van der Waals surface area contributed by atoms with Gasteiger partial charge >= 0.3 is 5.97 Å². The van der Waals surface area contributed by atoms with Gasteiger partial charge in [-0.3, -0.25) is 19.2 Å². The highest BCUT2D eigenvalue weighted by molar-refractivity contribution is 8.15. The molecule has 6 nitrogen and oxygen atoms in total. The minimum absolute atomic E-state index is 0.0282. The maximum absolute atomic E-state index is 17.9. The van der Waals surface area contributed by atoms with Crippen molar-refractivity contribution in [1.29, 1.82) is 0 Å². The van der Waals surface area contributed by atoms with Crippen LogP contribution in [0.4, 0.5) is 8.78 Å². The number of aliphatic hydroxyl groups is 1. The highest BCUT2D eigenvalue weighted by Crippen LogP contribution is 2.72.